The van der Waals surface area contributed by atoms with Crippen molar-refractivity contribution in [1.29, 1.82) is 0 Å². The summed E-state index contributed by atoms with van der Waals surface area (Å²) >= 11 is 0. The van der Waals surface area contributed by atoms with Crippen LogP contribution >= 0.6 is 0 Å². The molecule has 2 aliphatic rings. The minimum Gasteiger partial charge on any atom is -0.327 e. The first-order chi connectivity index (χ1) is 4.38. The van der Waals surface area contributed by atoms with Gasteiger partial charge in [-0.2, -0.15) is 0 Å². The lowest BCUT2D eigenvalue weighted by Gasteiger charge is -2.10. The molecule has 0 amide bonds. The predicted molar refractivity (Wildman–Crippen MR) is 37.1 cm³/mol. The van der Waals surface area contributed by atoms with Gasteiger partial charge in [0, 0.05) is 6.04 Å². The predicted octanol–water partition coefficient (Wildman–Crippen LogP) is -0.0569. The molecule has 0 aromatic rings. The molecule has 0 unspecified atom stereocenters. The lowest BCUT2D eigenvalue weighted by atomic mass is 9.98. The van der Waals surface area contributed by atoms with Crippen LogP contribution in [-0.4, -0.2) is 19.1 Å². The summed E-state index contributed by atoms with van der Waals surface area (Å²) < 4.78 is 0. The van der Waals surface area contributed by atoms with Gasteiger partial charge in [0.2, 0.25) is 0 Å². The van der Waals surface area contributed by atoms with E-state index in [1.165, 1.54) is 25.9 Å². The Balaban J connectivity index is 2.07. The summed E-state index contributed by atoms with van der Waals surface area (Å²) in [5.74, 6) is 1.73. The molecule has 2 rings (SSSR count). The Hall–Kier alpha value is -0.0800. The molecule has 0 aromatic carbocycles. The van der Waals surface area contributed by atoms with E-state index in [2.05, 4.69) is 5.32 Å². The Morgan fingerprint density at radius 3 is 2.89 bits per heavy atom. The van der Waals surface area contributed by atoms with Gasteiger partial charge in [0.15, 0.2) is 0 Å². The second-order valence-corrected chi connectivity index (χ2v) is 3.32. The summed E-state index contributed by atoms with van der Waals surface area (Å²) in [6, 6.07) is 0.505. The van der Waals surface area contributed by atoms with E-state index in [4.69, 9.17) is 5.73 Å². The van der Waals surface area contributed by atoms with Crippen molar-refractivity contribution in [3.05, 3.63) is 0 Å². The number of hydrogen-bond donors (Lipinski definition) is 2. The van der Waals surface area contributed by atoms with Crippen LogP contribution in [0.1, 0.15) is 12.8 Å². The quantitative estimate of drug-likeness (QED) is 0.477. The Kier molecular flexibility index (Phi) is 1.24. The largest absolute Gasteiger partial charge is 0.327 e. The molecule has 0 spiro atoms. The first kappa shape index (κ1) is 5.69. The molecule has 52 valence electrons. The van der Waals surface area contributed by atoms with Crippen molar-refractivity contribution in [3.63, 3.8) is 0 Å². The molecule has 9 heavy (non-hydrogen) atoms. The van der Waals surface area contributed by atoms with Gasteiger partial charge in [0.25, 0.3) is 0 Å². The topological polar surface area (TPSA) is 38.0 Å². The Labute approximate surface area is 55.8 Å². The Morgan fingerprint density at radius 2 is 2.11 bits per heavy atom. The van der Waals surface area contributed by atoms with Crippen LogP contribution < -0.4 is 11.1 Å². The first-order valence-corrected chi connectivity index (χ1v) is 3.84. The van der Waals surface area contributed by atoms with Crippen molar-refractivity contribution in [3.8, 4) is 0 Å². The second-order valence-electron chi connectivity index (χ2n) is 3.32. The van der Waals surface area contributed by atoms with Gasteiger partial charge in [-0.05, 0) is 37.8 Å². The number of rotatable bonds is 0. The van der Waals surface area contributed by atoms with E-state index in [9.17, 15) is 0 Å². The van der Waals surface area contributed by atoms with E-state index in [1.807, 2.05) is 0 Å². The van der Waals surface area contributed by atoms with Crippen LogP contribution in [0.3, 0.4) is 0 Å². The minimum atomic E-state index is 0.505. The summed E-state index contributed by atoms with van der Waals surface area (Å²) in [5.41, 5.74) is 5.88. The third-order valence-corrected chi connectivity index (χ3v) is 2.81. The lowest BCUT2D eigenvalue weighted by Crippen LogP contribution is -2.28. The molecule has 0 bridgehead atoms. The average Bonchev–Trinajstić information content (AvgIpc) is 2.35. The summed E-state index contributed by atoms with van der Waals surface area (Å²) in [5, 5.41) is 3.37. The highest BCUT2D eigenvalue weighted by Gasteiger charge is 2.36. The van der Waals surface area contributed by atoms with Crippen molar-refractivity contribution < 1.29 is 0 Å². The van der Waals surface area contributed by atoms with Crippen molar-refractivity contribution in [2.24, 2.45) is 17.6 Å². The third-order valence-electron chi connectivity index (χ3n) is 2.81. The monoisotopic (exact) mass is 126 g/mol. The standard InChI is InChI=1S/C7H14N2/c8-7-2-1-5-3-9-4-6(5)7/h5-7,9H,1-4,8H2/t5-,6+,7-/m1/s1. The second kappa shape index (κ2) is 1.96. The number of fused-ring (bicyclic) bond motifs is 1. The zero-order valence-corrected chi connectivity index (χ0v) is 5.64. The normalized spacial score (nSPS) is 49.7. The molecule has 1 saturated carbocycles. The molecule has 3 N–H and O–H groups in total. The molecule has 0 aromatic heterocycles. The highest BCUT2D eigenvalue weighted by molar-refractivity contribution is 4.93. The van der Waals surface area contributed by atoms with E-state index >= 15 is 0 Å². The summed E-state index contributed by atoms with van der Waals surface area (Å²) in [4.78, 5) is 0. The van der Waals surface area contributed by atoms with Crippen LogP contribution in [0.4, 0.5) is 0 Å². The van der Waals surface area contributed by atoms with Gasteiger partial charge in [-0.1, -0.05) is 0 Å². The highest BCUT2D eigenvalue weighted by atomic mass is 14.9. The molecule has 2 nitrogen and oxygen atoms in total. The van der Waals surface area contributed by atoms with Crippen LogP contribution in [-0.2, 0) is 0 Å². The lowest BCUT2D eigenvalue weighted by molar-refractivity contribution is 0.453. The third kappa shape index (κ3) is 0.775. The van der Waals surface area contributed by atoms with Crippen molar-refractivity contribution in [2.45, 2.75) is 18.9 Å². The molecular weight excluding hydrogens is 112 g/mol. The van der Waals surface area contributed by atoms with E-state index in [-0.39, 0.29) is 0 Å². The molecule has 1 aliphatic carbocycles. The summed E-state index contributed by atoms with van der Waals surface area (Å²) in [6.07, 6.45) is 2.62. The van der Waals surface area contributed by atoms with Gasteiger partial charge < -0.3 is 11.1 Å². The maximum atomic E-state index is 5.88. The van der Waals surface area contributed by atoms with Gasteiger partial charge in [0.1, 0.15) is 0 Å². The summed E-state index contributed by atoms with van der Waals surface area (Å²) in [6.45, 7) is 2.39. The highest BCUT2D eigenvalue weighted by Crippen LogP contribution is 2.32. The van der Waals surface area contributed by atoms with Crippen molar-refractivity contribution >= 4 is 0 Å². The molecule has 2 heteroatoms. The van der Waals surface area contributed by atoms with E-state index in [0.717, 1.165) is 11.8 Å². The molecule has 1 heterocycles. The van der Waals surface area contributed by atoms with Gasteiger partial charge in [-0.3, -0.25) is 0 Å². The minimum absolute atomic E-state index is 0.505. The smallest absolute Gasteiger partial charge is 0.00825 e. The maximum absolute atomic E-state index is 5.88. The molecule has 3 atom stereocenters. The first-order valence-electron chi connectivity index (χ1n) is 3.84. The van der Waals surface area contributed by atoms with E-state index in [1.54, 1.807) is 0 Å². The summed E-state index contributed by atoms with van der Waals surface area (Å²) in [7, 11) is 0. The Bertz CT molecular complexity index is 113. The fourth-order valence-electron chi connectivity index (χ4n) is 2.19. The number of hydrogen-bond acceptors (Lipinski definition) is 2. The van der Waals surface area contributed by atoms with Crippen LogP contribution in [0.5, 0.6) is 0 Å². The molecule has 2 fully saturated rings. The SMILES string of the molecule is N[C@@H]1CC[C@@H]2CNC[C@@H]21. The van der Waals surface area contributed by atoms with Crippen LogP contribution in [0, 0.1) is 11.8 Å². The fourth-order valence-corrected chi connectivity index (χ4v) is 2.19. The molecule has 0 radical (unpaired) electrons. The zero-order chi connectivity index (χ0) is 6.27. The number of nitrogens with two attached hydrogens (primary N) is 1. The van der Waals surface area contributed by atoms with E-state index < -0.39 is 0 Å². The van der Waals surface area contributed by atoms with Crippen molar-refractivity contribution in [1.82, 2.24) is 5.32 Å². The van der Waals surface area contributed by atoms with Crippen LogP contribution in [0.2, 0.25) is 0 Å². The van der Waals surface area contributed by atoms with E-state index in [0.29, 0.717) is 6.04 Å². The zero-order valence-electron chi connectivity index (χ0n) is 5.64. The van der Waals surface area contributed by atoms with Gasteiger partial charge in [-0.15, -0.1) is 0 Å². The maximum Gasteiger partial charge on any atom is 0.00825 e. The number of nitrogens with one attached hydrogen (secondary N) is 1. The molecule has 1 saturated heterocycles. The molecular formula is C7H14N2. The molecule has 1 aliphatic heterocycles. The van der Waals surface area contributed by atoms with Gasteiger partial charge in [0.05, 0.1) is 0 Å². The van der Waals surface area contributed by atoms with Gasteiger partial charge >= 0.3 is 0 Å². The van der Waals surface area contributed by atoms with Crippen LogP contribution in [0.25, 0.3) is 0 Å². The van der Waals surface area contributed by atoms with Crippen LogP contribution in [0.15, 0.2) is 0 Å². The fraction of sp³-hybridized carbons (Fsp3) is 1.00. The Morgan fingerprint density at radius 1 is 1.22 bits per heavy atom. The average molecular weight is 126 g/mol. The van der Waals surface area contributed by atoms with Gasteiger partial charge in [-0.25, -0.2) is 0 Å². The van der Waals surface area contributed by atoms with Crippen molar-refractivity contribution in [2.75, 3.05) is 13.1 Å².